The topological polar surface area (TPSA) is 52.1 Å². The van der Waals surface area contributed by atoms with Gasteiger partial charge in [0.2, 0.25) is 0 Å². The summed E-state index contributed by atoms with van der Waals surface area (Å²) in [6.45, 7) is 0. The van der Waals surface area contributed by atoms with Crippen LogP contribution in [0.1, 0.15) is 10.4 Å². The zero-order chi connectivity index (χ0) is 14.7. The number of carbonyl (C=O) groups is 1. The Hall–Kier alpha value is -2.53. The van der Waals surface area contributed by atoms with Crippen molar-refractivity contribution in [3.8, 4) is 20.9 Å². The van der Waals surface area contributed by atoms with Gasteiger partial charge in [-0.2, -0.15) is 0 Å². The number of pyridine rings is 2. The third kappa shape index (κ3) is 2.68. The molecule has 0 aromatic carbocycles. The van der Waals surface area contributed by atoms with Crippen LogP contribution in [0.15, 0.2) is 55.1 Å². The summed E-state index contributed by atoms with van der Waals surface area (Å²) in [7, 11) is 1.39. The molecular formula is C16H12N2O2S. The van der Waals surface area contributed by atoms with Crippen molar-refractivity contribution < 1.29 is 9.53 Å². The van der Waals surface area contributed by atoms with Crippen molar-refractivity contribution in [2.75, 3.05) is 7.11 Å². The molecule has 3 rings (SSSR count). The fraction of sp³-hybridized carbons (Fsp3) is 0.0625. The molecule has 0 atom stereocenters. The van der Waals surface area contributed by atoms with Crippen LogP contribution in [0.25, 0.3) is 20.9 Å². The van der Waals surface area contributed by atoms with E-state index in [-0.39, 0.29) is 5.97 Å². The Bertz CT molecular complexity index is 754. The van der Waals surface area contributed by atoms with Gasteiger partial charge in [0.15, 0.2) is 0 Å². The first kappa shape index (κ1) is 13.5. The predicted octanol–water partition coefficient (Wildman–Crippen LogP) is 3.66. The molecule has 0 saturated heterocycles. The SMILES string of the molecule is COC(=O)c1cc(-c2ccncc2)sc1-c1ccncc1. The van der Waals surface area contributed by atoms with Gasteiger partial charge in [-0.1, -0.05) is 0 Å². The Kier molecular flexibility index (Phi) is 3.75. The van der Waals surface area contributed by atoms with Gasteiger partial charge >= 0.3 is 5.97 Å². The van der Waals surface area contributed by atoms with E-state index in [0.717, 1.165) is 20.9 Å². The summed E-state index contributed by atoms with van der Waals surface area (Å²) >= 11 is 1.55. The van der Waals surface area contributed by atoms with Gasteiger partial charge in [0.05, 0.1) is 12.7 Å². The third-order valence-electron chi connectivity index (χ3n) is 3.04. The number of aromatic nitrogens is 2. The molecule has 3 aromatic heterocycles. The summed E-state index contributed by atoms with van der Waals surface area (Å²) in [6.07, 6.45) is 6.89. The molecule has 0 N–H and O–H groups in total. The van der Waals surface area contributed by atoms with E-state index in [1.54, 1.807) is 36.1 Å². The monoisotopic (exact) mass is 296 g/mol. The van der Waals surface area contributed by atoms with Gasteiger partial charge in [-0.05, 0) is 41.5 Å². The smallest absolute Gasteiger partial charge is 0.339 e. The number of carbonyl (C=O) groups excluding carboxylic acids is 1. The second-order valence-electron chi connectivity index (χ2n) is 4.32. The van der Waals surface area contributed by atoms with Gasteiger partial charge in [-0.3, -0.25) is 9.97 Å². The molecule has 0 aliphatic carbocycles. The van der Waals surface area contributed by atoms with Gasteiger partial charge in [0.25, 0.3) is 0 Å². The molecule has 0 spiro atoms. The normalized spacial score (nSPS) is 10.3. The second-order valence-corrected chi connectivity index (χ2v) is 5.37. The van der Waals surface area contributed by atoms with Crippen LogP contribution < -0.4 is 0 Å². The van der Waals surface area contributed by atoms with Crippen LogP contribution in [-0.2, 0) is 4.74 Å². The number of ether oxygens (including phenoxy) is 1. The third-order valence-corrected chi connectivity index (χ3v) is 4.28. The van der Waals surface area contributed by atoms with E-state index in [4.69, 9.17) is 4.74 Å². The number of hydrogen-bond donors (Lipinski definition) is 0. The quantitative estimate of drug-likeness (QED) is 0.692. The molecule has 0 unspecified atom stereocenters. The second kappa shape index (κ2) is 5.85. The lowest BCUT2D eigenvalue weighted by molar-refractivity contribution is 0.0602. The lowest BCUT2D eigenvalue weighted by Gasteiger charge is -2.01. The van der Waals surface area contributed by atoms with Crippen molar-refractivity contribution in [1.82, 2.24) is 9.97 Å². The Labute approximate surface area is 126 Å². The maximum Gasteiger partial charge on any atom is 0.339 e. The zero-order valence-corrected chi connectivity index (χ0v) is 12.1. The first-order chi connectivity index (χ1) is 10.3. The van der Waals surface area contributed by atoms with Crippen molar-refractivity contribution >= 4 is 17.3 Å². The van der Waals surface area contributed by atoms with Crippen LogP contribution >= 0.6 is 11.3 Å². The maximum absolute atomic E-state index is 12.0. The van der Waals surface area contributed by atoms with Crippen LogP contribution in [-0.4, -0.2) is 23.0 Å². The van der Waals surface area contributed by atoms with Crippen molar-refractivity contribution in [2.24, 2.45) is 0 Å². The van der Waals surface area contributed by atoms with E-state index in [9.17, 15) is 4.79 Å². The molecule has 21 heavy (non-hydrogen) atoms. The van der Waals surface area contributed by atoms with E-state index in [0.29, 0.717) is 5.56 Å². The Morgan fingerprint density at radius 1 is 1.00 bits per heavy atom. The maximum atomic E-state index is 12.0. The molecule has 3 aromatic rings. The minimum absolute atomic E-state index is 0.335. The first-order valence-electron chi connectivity index (χ1n) is 6.32. The lowest BCUT2D eigenvalue weighted by atomic mass is 10.1. The summed E-state index contributed by atoms with van der Waals surface area (Å²) < 4.78 is 4.89. The van der Waals surface area contributed by atoms with Crippen molar-refractivity contribution in [3.63, 3.8) is 0 Å². The van der Waals surface area contributed by atoms with Gasteiger partial charge in [0.1, 0.15) is 0 Å². The Balaban J connectivity index is 2.14. The Morgan fingerprint density at radius 2 is 1.57 bits per heavy atom. The molecule has 5 heteroatoms. The lowest BCUT2D eigenvalue weighted by Crippen LogP contribution is -2.00. The van der Waals surface area contributed by atoms with Crippen LogP contribution in [0.2, 0.25) is 0 Å². The number of nitrogens with zero attached hydrogens (tertiary/aromatic N) is 2. The van der Waals surface area contributed by atoms with Crippen LogP contribution in [0.5, 0.6) is 0 Å². The van der Waals surface area contributed by atoms with Gasteiger partial charge < -0.3 is 4.74 Å². The Morgan fingerprint density at radius 3 is 2.14 bits per heavy atom. The van der Waals surface area contributed by atoms with Crippen molar-refractivity contribution in [2.45, 2.75) is 0 Å². The van der Waals surface area contributed by atoms with E-state index < -0.39 is 0 Å². The average Bonchev–Trinajstić information content (AvgIpc) is 3.01. The van der Waals surface area contributed by atoms with Crippen molar-refractivity contribution in [1.29, 1.82) is 0 Å². The highest BCUT2D eigenvalue weighted by atomic mass is 32.1. The molecule has 0 bridgehead atoms. The number of methoxy groups -OCH3 is 1. The number of hydrogen-bond acceptors (Lipinski definition) is 5. The van der Waals surface area contributed by atoms with E-state index in [1.165, 1.54) is 7.11 Å². The summed E-state index contributed by atoms with van der Waals surface area (Å²) in [5.74, 6) is -0.335. The van der Waals surface area contributed by atoms with Crippen molar-refractivity contribution in [3.05, 3.63) is 60.7 Å². The predicted molar refractivity (Wildman–Crippen MR) is 82.1 cm³/mol. The van der Waals surface area contributed by atoms with Gasteiger partial charge in [0, 0.05) is 34.5 Å². The molecule has 0 saturated carbocycles. The van der Waals surface area contributed by atoms with Crippen LogP contribution in [0, 0.1) is 0 Å². The van der Waals surface area contributed by atoms with E-state index >= 15 is 0 Å². The van der Waals surface area contributed by atoms with E-state index in [2.05, 4.69) is 9.97 Å². The molecule has 0 aliphatic rings. The average molecular weight is 296 g/mol. The summed E-state index contributed by atoms with van der Waals surface area (Å²) in [4.78, 5) is 21.9. The number of esters is 1. The molecule has 104 valence electrons. The highest BCUT2D eigenvalue weighted by Crippen LogP contribution is 2.38. The summed E-state index contributed by atoms with van der Waals surface area (Å²) in [5.41, 5.74) is 2.55. The fourth-order valence-electron chi connectivity index (χ4n) is 2.03. The minimum atomic E-state index is -0.335. The molecule has 0 amide bonds. The van der Waals surface area contributed by atoms with Crippen LogP contribution in [0.4, 0.5) is 0 Å². The molecule has 0 fully saturated rings. The van der Waals surface area contributed by atoms with E-state index in [1.807, 2.05) is 30.3 Å². The highest BCUT2D eigenvalue weighted by molar-refractivity contribution is 7.19. The standard InChI is InChI=1S/C16H12N2O2S/c1-20-16(19)13-10-14(11-2-6-17-7-3-11)21-15(13)12-4-8-18-9-5-12/h2-10H,1H3. The fourth-order valence-corrected chi connectivity index (χ4v) is 3.19. The molecular weight excluding hydrogens is 284 g/mol. The molecule has 0 aliphatic heterocycles. The first-order valence-corrected chi connectivity index (χ1v) is 7.14. The molecule has 4 nitrogen and oxygen atoms in total. The number of thiophene rings is 1. The van der Waals surface area contributed by atoms with Crippen LogP contribution in [0.3, 0.4) is 0 Å². The molecule has 3 heterocycles. The zero-order valence-electron chi connectivity index (χ0n) is 11.3. The van der Waals surface area contributed by atoms with Gasteiger partial charge in [-0.15, -0.1) is 11.3 Å². The largest absolute Gasteiger partial charge is 0.465 e. The van der Waals surface area contributed by atoms with Gasteiger partial charge in [-0.25, -0.2) is 4.79 Å². The summed E-state index contributed by atoms with van der Waals surface area (Å²) in [6, 6.07) is 9.47. The minimum Gasteiger partial charge on any atom is -0.465 e. The highest BCUT2D eigenvalue weighted by Gasteiger charge is 2.18. The number of rotatable bonds is 3. The molecule has 0 radical (unpaired) electrons. The summed E-state index contributed by atoms with van der Waals surface area (Å²) in [5, 5.41) is 0.